The van der Waals surface area contributed by atoms with E-state index in [4.69, 9.17) is 9.05 Å². The molecule has 0 spiro atoms. The molecular formula is C33H51O6P2. The molecule has 1 unspecified atom stereocenters. The standard InChI is InChI=1S/C33H51O6P2/c1-29(2,3)21-15-17-23(25(19-21)31(7,8)9)27(38-40(34)35)33(13,14)28(39-41(36)37)24-18-16-22(30(4,5)6)20-26(24)32(10,11)12/h15-20,27,34-37H,13-14H2,1-12H3. The topological polar surface area (TPSA) is 99.4 Å². The molecule has 0 aliphatic carbocycles. The van der Waals surface area contributed by atoms with Gasteiger partial charge in [0.25, 0.3) is 0 Å². The third kappa shape index (κ3) is 9.03. The molecule has 4 N–H and O–H groups in total. The Morgan fingerprint density at radius 3 is 1.46 bits per heavy atom. The molecule has 0 aliphatic heterocycles. The number of benzene rings is 2. The average Bonchev–Trinajstić information content (AvgIpc) is 2.77. The predicted octanol–water partition coefficient (Wildman–Crippen LogP) is 8.61. The van der Waals surface area contributed by atoms with Gasteiger partial charge in [-0.15, -0.1) is 0 Å². The van der Waals surface area contributed by atoms with Gasteiger partial charge in [-0.25, -0.2) is 0 Å². The normalized spacial score (nSPS) is 14.9. The van der Waals surface area contributed by atoms with Crippen molar-refractivity contribution in [2.24, 2.45) is 5.41 Å². The summed E-state index contributed by atoms with van der Waals surface area (Å²) < 4.78 is 11.6. The maximum absolute atomic E-state index is 10.2. The molecule has 1 atom stereocenters. The van der Waals surface area contributed by atoms with Crippen molar-refractivity contribution in [2.75, 3.05) is 0 Å². The van der Waals surface area contributed by atoms with E-state index in [1.165, 1.54) is 0 Å². The average molecular weight is 606 g/mol. The van der Waals surface area contributed by atoms with Gasteiger partial charge in [0.05, 0.1) is 0 Å². The summed E-state index contributed by atoms with van der Waals surface area (Å²) in [5, 5.41) is 0. The molecule has 0 bridgehead atoms. The summed E-state index contributed by atoms with van der Waals surface area (Å²) in [7, 11) is -5.70. The maximum Gasteiger partial charge on any atom is 0.328 e. The van der Waals surface area contributed by atoms with Crippen molar-refractivity contribution in [1.29, 1.82) is 0 Å². The van der Waals surface area contributed by atoms with Crippen molar-refractivity contribution in [1.82, 2.24) is 0 Å². The van der Waals surface area contributed by atoms with Crippen LogP contribution in [0.4, 0.5) is 0 Å². The Balaban J connectivity index is 2.94. The first kappa shape index (κ1) is 36.3. The van der Waals surface area contributed by atoms with E-state index in [0.29, 0.717) is 11.1 Å². The lowest BCUT2D eigenvalue weighted by Gasteiger charge is -2.43. The van der Waals surface area contributed by atoms with Crippen LogP contribution in [-0.2, 0) is 30.7 Å². The van der Waals surface area contributed by atoms with Crippen LogP contribution in [0, 0.1) is 25.4 Å². The fourth-order valence-electron chi connectivity index (χ4n) is 4.89. The van der Waals surface area contributed by atoms with Crippen molar-refractivity contribution < 1.29 is 28.6 Å². The van der Waals surface area contributed by atoms with Crippen LogP contribution in [0.15, 0.2) is 36.4 Å². The van der Waals surface area contributed by atoms with Crippen molar-refractivity contribution in [3.05, 3.63) is 89.7 Å². The van der Waals surface area contributed by atoms with Crippen LogP contribution in [0.5, 0.6) is 0 Å². The highest BCUT2D eigenvalue weighted by Gasteiger charge is 2.47. The Kier molecular flexibility index (Phi) is 11.1. The number of rotatable bonds is 8. The lowest BCUT2D eigenvalue weighted by atomic mass is 9.68. The summed E-state index contributed by atoms with van der Waals surface area (Å²) in [6.07, 6.45) is -1.01. The summed E-state index contributed by atoms with van der Waals surface area (Å²) in [5.41, 5.74) is 2.78. The van der Waals surface area contributed by atoms with Gasteiger partial charge in [0.1, 0.15) is 12.2 Å². The summed E-state index contributed by atoms with van der Waals surface area (Å²) in [4.78, 5) is 40.6. The van der Waals surface area contributed by atoms with E-state index in [0.717, 1.165) is 22.3 Å². The molecule has 2 aromatic carbocycles. The van der Waals surface area contributed by atoms with E-state index in [1.54, 1.807) is 0 Å². The van der Waals surface area contributed by atoms with Crippen LogP contribution >= 0.6 is 17.2 Å². The third-order valence-corrected chi connectivity index (χ3v) is 8.02. The third-order valence-electron chi connectivity index (χ3n) is 7.27. The van der Waals surface area contributed by atoms with E-state index < -0.39 is 28.7 Å². The monoisotopic (exact) mass is 605 g/mol. The molecule has 0 aromatic heterocycles. The van der Waals surface area contributed by atoms with Gasteiger partial charge in [0.15, 0.2) is 0 Å². The molecule has 0 amide bonds. The van der Waals surface area contributed by atoms with Crippen LogP contribution < -0.4 is 0 Å². The van der Waals surface area contributed by atoms with Crippen LogP contribution in [0.1, 0.15) is 123 Å². The molecule has 2 aromatic rings. The fraction of sp³-hybridized carbons (Fsp3) is 0.545. The zero-order valence-corrected chi connectivity index (χ0v) is 28.7. The molecule has 6 nitrogen and oxygen atoms in total. The van der Waals surface area contributed by atoms with Crippen molar-refractivity contribution in [3.63, 3.8) is 0 Å². The largest absolute Gasteiger partial charge is 0.328 e. The second-order valence-electron chi connectivity index (χ2n) is 15.1. The highest BCUT2D eigenvalue weighted by atomic mass is 31.2. The predicted molar refractivity (Wildman–Crippen MR) is 171 cm³/mol. The molecule has 0 heterocycles. The molecule has 41 heavy (non-hydrogen) atoms. The lowest BCUT2D eigenvalue weighted by Crippen LogP contribution is -2.36. The smallest absolute Gasteiger partial charge is 0.328 e. The Morgan fingerprint density at radius 2 is 1.07 bits per heavy atom. The first-order chi connectivity index (χ1) is 18.3. The van der Waals surface area contributed by atoms with Crippen LogP contribution in [0.3, 0.4) is 0 Å². The zero-order valence-electron chi connectivity index (χ0n) is 27.0. The van der Waals surface area contributed by atoms with E-state index in [2.05, 4.69) is 109 Å². The minimum Gasteiger partial charge on any atom is -0.328 e. The zero-order chi connectivity index (χ0) is 31.9. The fourth-order valence-corrected chi connectivity index (χ4v) is 5.84. The first-order valence-corrected chi connectivity index (χ1v) is 16.2. The van der Waals surface area contributed by atoms with Crippen molar-refractivity contribution >= 4 is 17.2 Å². The minimum atomic E-state index is -2.86. The quantitative estimate of drug-likeness (QED) is 0.225. The maximum atomic E-state index is 10.2. The molecule has 0 fully saturated rings. The van der Waals surface area contributed by atoms with E-state index in [1.807, 2.05) is 24.3 Å². The van der Waals surface area contributed by atoms with Gasteiger partial charge in [-0.3, -0.25) is 4.52 Å². The minimum absolute atomic E-state index is 0.0978. The van der Waals surface area contributed by atoms with E-state index in [9.17, 15) is 19.6 Å². The molecule has 0 saturated heterocycles. The molecule has 0 aliphatic rings. The lowest BCUT2D eigenvalue weighted by molar-refractivity contribution is 0.0647. The van der Waals surface area contributed by atoms with Gasteiger partial charge in [-0.1, -0.05) is 119 Å². The Bertz CT molecular complexity index is 1090. The highest BCUT2D eigenvalue weighted by molar-refractivity contribution is 7.39. The molecule has 3 radical (unpaired) electrons. The molecule has 8 heteroatoms. The van der Waals surface area contributed by atoms with Crippen molar-refractivity contribution in [2.45, 2.75) is 111 Å². The van der Waals surface area contributed by atoms with E-state index >= 15 is 0 Å². The molecular weight excluding hydrogens is 554 g/mol. The van der Waals surface area contributed by atoms with Gasteiger partial charge in [-0.05, 0) is 68.9 Å². The number of hydrogen-bond donors (Lipinski definition) is 4. The van der Waals surface area contributed by atoms with Gasteiger partial charge < -0.3 is 24.1 Å². The van der Waals surface area contributed by atoms with Gasteiger partial charge in [0.2, 0.25) is 0 Å². The van der Waals surface area contributed by atoms with Gasteiger partial charge >= 0.3 is 17.2 Å². The molecule has 229 valence electrons. The van der Waals surface area contributed by atoms with Gasteiger partial charge in [-0.2, -0.15) is 0 Å². The second kappa shape index (κ2) is 12.6. The summed E-state index contributed by atoms with van der Waals surface area (Å²) in [6, 6.07) is 12.0. The number of hydrogen-bond acceptors (Lipinski definition) is 6. The Labute approximate surface area is 251 Å². The molecule has 2 rings (SSSR count). The van der Waals surface area contributed by atoms with Crippen LogP contribution in [0.25, 0.3) is 0 Å². The summed E-state index contributed by atoms with van der Waals surface area (Å²) >= 11 is 0. The van der Waals surface area contributed by atoms with Gasteiger partial charge in [0, 0.05) is 5.41 Å². The SMILES string of the molecule is [CH2]C([CH2])([C](OP(O)O)c1ccc(C(C)(C)C)cc1C(C)(C)C)C(OP(O)O)c1ccc(C(C)(C)C)cc1C(C)(C)C. The Morgan fingerprint density at radius 1 is 0.634 bits per heavy atom. The first-order valence-electron chi connectivity index (χ1n) is 13.9. The van der Waals surface area contributed by atoms with Crippen LogP contribution in [-0.4, -0.2) is 19.6 Å². The Hall–Kier alpha value is -0.940. The van der Waals surface area contributed by atoms with E-state index in [-0.39, 0.29) is 27.8 Å². The summed E-state index contributed by atoms with van der Waals surface area (Å²) in [5.74, 6) is 0. The second-order valence-corrected chi connectivity index (χ2v) is 16.5. The van der Waals surface area contributed by atoms with Crippen molar-refractivity contribution in [3.8, 4) is 0 Å². The van der Waals surface area contributed by atoms with Crippen LogP contribution in [0.2, 0.25) is 0 Å². The summed E-state index contributed by atoms with van der Waals surface area (Å²) in [6.45, 7) is 34.0. The molecule has 0 saturated carbocycles. The highest BCUT2D eigenvalue weighted by Crippen LogP contribution is 2.56.